The number of methoxy groups -OCH3 is 1. The number of aromatic hydroxyl groups is 1. The van der Waals surface area contributed by atoms with Gasteiger partial charge in [-0.25, -0.2) is 0 Å². The van der Waals surface area contributed by atoms with Crippen molar-refractivity contribution in [3.63, 3.8) is 0 Å². The minimum Gasteiger partial charge on any atom is -0.504 e. The van der Waals surface area contributed by atoms with Crippen molar-refractivity contribution in [1.29, 1.82) is 0 Å². The SMILES string of the molecule is COc1cc(CN2CCN(C3CCCC3)CC2)ccc1O. The fourth-order valence-corrected chi connectivity index (χ4v) is 3.63. The smallest absolute Gasteiger partial charge is 0.160 e. The predicted octanol–water partition coefficient (Wildman–Crippen LogP) is 2.46. The van der Waals surface area contributed by atoms with E-state index in [-0.39, 0.29) is 5.75 Å². The third-order valence-electron chi connectivity index (χ3n) is 4.90. The zero-order valence-electron chi connectivity index (χ0n) is 12.9. The Morgan fingerprint density at radius 2 is 1.86 bits per heavy atom. The quantitative estimate of drug-likeness (QED) is 0.924. The van der Waals surface area contributed by atoms with Crippen LogP contribution in [-0.4, -0.2) is 54.2 Å². The lowest BCUT2D eigenvalue weighted by Gasteiger charge is -2.38. The van der Waals surface area contributed by atoms with Crippen molar-refractivity contribution in [2.24, 2.45) is 0 Å². The van der Waals surface area contributed by atoms with Crippen molar-refractivity contribution in [1.82, 2.24) is 9.80 Å². The first-order valence-corrected chi connectivity index (χ1v) is 8.08. The molecular weight excluding hydrogens is 264 g/mol. The molecule has 4 heteroatoms. The van der Waals surface area contributed by atoms with Gasteiger partial charge in [-0.2, -0.15) is 0 Å². The van der Waals surface area contributed by atoms with Crippen LogP contribution in [0.2, 0.25) is 0 Å². The van der Waals surface area contributed by atoms with Gasteiger partial charge in [0.25, 0.3) is 0 Å². The van der Waals surface area contributed by atoms with E-state index in [1.54, 1.807) is 13.2 Å². The Hall–Kier alpha value is -1.26. The molecule has 0 atom stereocenters. The topological polar surface area (TPSA) is 35.9 Å². The third kappa shape index (κ3) is 3.50. The molecule has 3 rings (SSSR count). The van der Waals surface area contributed by atoms with Gasteiger partial charge in [-0.05, 0) is 30.5 Å². The Balaban J connectivity index is 1.53. The zero-order chi connectivity index (χ0) is 14.7. The van der Waals surface area contributed by atoms with Gasteiger partial charge in [-0.1, -0.05) is 18.9 Å². The number of benzene rings is 1. The summed E-state index contributed by atoms with van der Waals surface area (Å²) in [5.74, 6) is 0.782. The summed E-state index contributed by atoms with van der Waals surface area (Å²) in [5.41, 5.74) is 1.21. The summed E-state index contributed by atoms with van der Waals surface area (Å²) in [5, 5.41) is 9.65. The zero-order valence-corrected chi connectivity index (χ0v) is 12.9. The predicted molar refractivity (Wildman–Crippen MR) is 83.8 cm³/mol. The molecule has 1 aliphatic heterocycles. The van der Waals surface area contributed by atoms with Gasteiger partial charge in [0.05, 0.1) is 7.11 Å². The lowest BCUT2D eigenvalue weighted by Crippen LogP contribution is -2.49. The largest absolute Gasteiger partial charge is 0.504 e. The van der Waals surface area contributed by atoms with Crippen LogP contribution in [0.1, 0.15) is 31.2 Å². The van der Waals surface area contributed by atoms with E-state index in [1.165, 1.54) is 44.3 Å². The highest BCUT2D eigenvalue weighted by Gasteiger charge is 2.26. The van der Waals surface area contributed by atoms with E-state index in [2.05, 4.69) is 9.80 Å². The van der Waals surface area contributed by atoms with Crippen molar-refractivity contribution < 1.29 is 9.84 Å². The fraction of sp³-hybridized carbons (Fsp3) is 0.647. The molecule has 2 aliphatic rings. The Bertz CT molecular complexity index is 464. The molecule has 0 radical (unpaired) electrons. The maximum absolute atomic E-state index is 9.65. The fourth-order valence-electron chi connectivity index (χ4n) is 3.63. The first-order valence-electron chi connectivity index (χ1n) is 8.08. The van der Waals surface area contributed by atoms with Crippen LogP contribution in [0.3, 0.4) is 0 Å². The van der Waals surface area contributed by atoms with Crippen molar-refractivity contribution in [2.75, 3.05) is 33.3 Å². The maximum Gasteiger partial charge on any atom is 0.160 e. The van der Waals surface area contributed by atoms with Gasteiger partial charge in [0.1, 0.15) is 0 Å². The van der Waals surface area contributed by atoms with Crippen LogP contribution >= 0.6 is 0 Å². The second kappa shape index (κ2) is 6.67. The van der Waals surface area contributed by atoms with Crippen molar-refractivity contribution in [3.8, 4) is 11.5 Å². The van der Waals surface area contributed by atoms with Gasteiger partial charge in [-0.15, -0.1) is 0 Å². The second-order valence-corrected chi connectivity index (χ2v) is 6.26. The summed E-state index contributed by atoms with van der Waals surface area (Å²) >= 11 is 0. The average molecular weight is 290 g/mol. The number of phenols is 1. The summed E-state index contributed by atoms with van der Waals surface area (Å²) in [7, 11) is 1.60. The Labute approximate surface area is 127 Å². The minimum absolute atomic E-state index is 0.215. The molecular formula is C17H26N2O2. The maximum atomic E-state index is 9.65. The molecule has 1 N–H and O–H groups in total. The molecule has 1 aliphatic carbocycles. The second-order valence-electron chi connectivity index (χ2n) is 6.26. The van der Waals surface area contributed by atoms with E-state index in [1.807, 2.05) is 12.1 Å². The van der Waals surface area contributed by atoms with Gasteiger partial charge in [0, 0.05) is 38.8 Å². The first kappa shape index (κ1) is 14.7. The lowest BCUT2D eigenvalue weighted by molar-refractivity contribution is 0.0936. The van der Waals surface area contributed by atoms with Crippen molar-refractivity contribution in [2.45, 2.75) is 38.3 Å². The number of nitrogens with zero attached hydrogens (tertiary/aromatic N) is 2. The molecule has 1 aromatic rings. The normalized spacial score (nSPS) is 21.8. The molecule has 116 valence electrons. The van der Waals surface area contributed by atoms with E-state index in [0.29, 0.717) is 5.75 Å². The Morgan fingerprint density at radius 3 is 2.52 bits per heavy atom. The van der Waals surface area contributed by atoms with Gasteiger partial charge >= 0.3 is 0 Å². The highest BCUT2D eigenvalue weighted by atomic mass is 16.5. The van der Waals surface area contributed by atoms with Crippen LogP contribution in [0.15, 0.2) is 18.2 Å². The lowest BCUT2D eigenvalue weighted by atomic mass is 10.1. The van der Waals surface area contributed by atoms with Crippen LogP contribution in [0, 0.1) is 0 Å². The molecule has 0 aromatic heterocycles. The molecule has 0 amide bonds. The monoisotopic (exact) mass is 290 g/mol. The summed E-state index contributed by atoms with van der Waals surface area (Å²) in [6.45, 7) is 5.61. The molecule has 1 saturated carbocycles. The molecule has 21 heavy (non-hydrogen) atoms. The Morgan fingerprint density at radius 1 is 1.14 bits per heavy atom. The van der Waals surface area contributed by atoms with Crippen LogP contribution in [0.5, 0.6) is 11.5 Å². The summed E-state index contributed by atoms with van der Waals surface area (Å²) in [6, 6.07) is 6.50. The molecule has 1 heterocycles. The molecule has 0 bridgehead atoms. The third-order valence-corrected chi connectivity index (χ3v) is 4.90. The number of rotatable bonds is 4. The highest BCUT2D eigenvalue weighted by molar-refractivity contribution is 5.41. The van der Waals surface area contributed by atoms with Crippen molar-refractivity contribution >= 4 is 0 Å². The average Bonchev–Trinajstić information content (AvgIpc) is 3.04. The summed E-state index contributed by atoms with van der Waals surface area (Å²) < 4.78 is 5.18. The molecule has 0 unspecified atom stereocenters. The van der Waals surface area contributed by atoms with Gasteiger partial charge in [-0.3, -0.25) is 9.80 Å². The minimum atomic E-state index is 0.215. The summed E-state index contributed by atoms with van der Waals surface area (Å²) in [4.78, 5) is 5.18. The highest BCUT2D eigenvalue weighted by Crippen LogP contribution is 2.28. The van der Waals surface area contributed by atoms with Crippen LogP contribution in [0.25, 0.3) is 0 Å². The Kier molecular flexibility index (Phi) is 4.66. The molecule has 0 spiro atoms. The molecule has 1 aromatic carbocycles. The van der Waals surface area contributed by atoms with E-state index in [0.717, 1.165) is 25.7 Å². The first-order chi connectivity index (χ1) is 10.3. The molecule has 1 saturated heterocycles. The van der Waals surface area contributed by atoms with Crippen LogP contribution in [-0.2, 0) is 6.54 Å². The van der Waals surface area contributed by atoms with Crippen molar-refractivity contribution in [3.05, 3.63) is 23.8 Å². The van der Waals surface area contributed by atoms with E-state index < -0.39 is 0 Å². The number of piperazine rings is 1. The summed E-state index contributed by atoms with van der Waals surface area (Å²) in [6.07, 6.45) is 5.63. The van der Waals surface area contributed by atoms with E-state index in [4.69, 9.17) is 4.74 Å². The number of hydrogen-bond acceptors (Lipinski definition) is 4. The van der Waals surface area contributed by atoms with E-state index in [9.17, 15) is 5.11 Å². The molecule has 2 fully saturated rings. The molecule has 4 nitrogen and oxygen atoms in total. The van der Waals surface area contributed by atoms with Crippen LogP contribution < -0.4 is 4.74 Å². The number of hydrogen-bond donors (Lipinski definition) is 1. The van der Waals surface area contributed by atoms with Gasteiger partial charge in [0.15, 0.2) is 11.5 Å². The van der Waals surface area contributed by atoms with Gasteiger partial charge in [0.2, 0.25) is 0 Å². The number of ether oxygens (including phenoxy) is 1. The van der Waals surface area contributed by atoms with Gasteiger partial charge < -0.3 is 9.84 Å². The van der Waals surface area contributed by atoms with Crippen LogP contribution in [0.4, 0.5) is 0 Å². The number of phenolic OH excluding ortho intramolecular Hbond substituents is 1. The van der Waals surface area contributed by atoms with E-state index >= 15 is 0 Å². The standard InChI is InChI=1S/C17H26N2O2/c1-21-17-12-14(6-7-16(17)20)13-18-8-10-19(11-9-18)15-4-2-3-5-15/h6-7,12,15,20H,2-5,8-11,13H2,1H3.